The Balaban J connectivity index is 0.000000956. The van der Waals surface area contributed by atoms with Gasteiger partial charge in [0.05, 0.1) is 18.4 Å². The maximum absolute atomic E-state index is 11.5. The van der Waals surface area contributed by atoms with Crippen molar-refractivity contribution in [2.75, 3.05) is 7.11 Å². The van der Waals surface area contributed by atoms with E-state index in [1.807, 2.05) is 39.0 Å². The number of aromatic nitrogens is 1. The van der Waals surface area contributed by atoms with Crippen molar-refractivity contribution in [1.29, 1.82) is 0 Å². The Morgan fingerprint density at radius 3 is 2.45 bits per heavy atom. The first kappa shape index (κ1) is 16.4. The first-order valence-corrected chi connectivity index (χ1v) is 7.21. The lowest BCUT2D eigenvalue weighted by Gasteiger charge is -2.05. The first-order valence-electron chi connectivity index (χ1n) is 6.42. The number of hydrogen-bond donors (Lipinski definition) is 0. The van der Waals surface area contributed by atoms with Crippen molar-refractivity contribution >= 4 is 21.9 Å². The molecule has 0 amide bonds. The lowest BCUT2D eigenvalue weighted by Crippen LogP contribution is -2.01. The van der Waals surface area contributed by atoms with E-state index in [1.54, 1.807) is 18.3 Å². The van der Waals surface area contributed by atoms with Gasteiger partial charge in [-0.05, 0) is 36.8 Å². The highest BCUT2D eigenvalue weighted by Crippen LogP contribution is 2.24. The quantitative estimate of drug-likeness (QED) is 0.751. The monoisotopic (exact) mass is 335 g/mol. The van der Waals surface area contributed by atoms with Crippen LogP contribution in [0.4, 0.5) is 0 Å². The number of benzene rings is 1. The lowest BCUT2D eigenvalue weighted by molar-refractivity contribution is 0.0600. The number of hydrogen-bond acceptors (Lipinski definition) is 3. The minimum atomic E-state index is -0.357. The molecule has 0 aliphatic heterocycles. The van der Waals surface area contributed by atoms with Gasteiger partial charge in [0.2, 0.25) is 0 Å². The van der Waals surface area contributed by atoms with Crippen molar-refractivity contribution in [1.82, 2.24) is 4.98 Å². The largest absolute Gasteiger partial charge is 0.465 e. The molecule has 0 unspecified atom stereocenters. The molecule has 0 bridgehead atoms. The van der Waals surface area contributed by atoms with Crippen LogP contribution in [-0.4, -0.2) is 18.1 Å². The summed E-state index contributed by atoms with van der Waals surface area (Å²) in [4.78, 5) is 15.9. The molecule has 0 N–H and O–H groups in total. The molecule has 1 aromatic carbocycles. The molecule has 1 aromatic heterocycles. The highest BCUT2D eigenvalue weighted by atomic mass is 79.9. The van der Waals surface area contributed by atoms with Crippen LogP contribution in [-0.2, 0) is 4.74 Å². The average molecular weight is 336 g/mol. The number of carbonyl (C=O) groups excluding carboxylic acids is 1. The van der Waals surface area contributed by atoms with Gasteiger partial charge >= 0.3 is 5.97 Å². The lowest BCUT2D eigenvalue weighted by atomic mass is 10.1. The summed E-state index contributed by atoms with van der Waals surface area (Å²) in [7, 11) is 1.37. The molecule has 1 heterocycles. The van der Waals surface area contributed by atoms with Gasteiger partial charge in [0, 0.05) is 16.2 Å². The first-order chi connectivity index (χ1) is 9.60. The highest BCUT2D eigenvalue weighted by Gasteiger charge is 2.09. The maximum atomic E-state index is 11.5. The van der Waals surface area contributed by atoms with Crippen LogP contribution in [0.2, 0.25) is 0 Å². The van der Waals surface area contributed by atoms with E-state index in [2.05, 4.69) is 20.9 Å². The number of esters is 1. The number of methoxy groups -OCH3 is 1. The van der Waals surface area contributed by atoms with E-state index in [0.29, 0.717) is 5.56 Å². The number of aryl methyl sites for hydroxylation is 1. The molecule has 4 heteroatoms. The van der Waals surface area contributed by atoms with Gasteiger partial charge in [0.1, 0.15) is 0 Å². The molecule has 0 atom stereocenters. The van der Waals surface area contributed by atoms with Crippen molar-refractivity contribution in [2.24, 2.45) is 0 Å². The minimum absolute atomic E-state index is 0.357. The van der Waals surface area contributed by atoms with E-state index in [-0.39, 0.29) is 5.97 Å². The molecule has 2 rings (SSSR count). The number of halogens is 1. The summed E-state index contributed by atoms with van der Waals surface area (Å²) in [5.41, 5.74) is 3.31. The molecule has 0 aliphatic carbocycles. The fourth-order valence-corrected chi connectivity index (χ4v) is 2.11. The Labute approximate surface area is 128 Å². The standard InChI is InChI=1S/C14H12BrNO2.C2H6/c1-9-3-4-13(16-8-9)10-5-11(14(17)18-2)7-12(15)6-10;1-2/h3-8H,1-2H3;1-2H3. The van der Waals surface area contributed by atoms with Gasteiger partial charge in [0.25, 0.3) is 0 Å². The summed E-state index contributed by atoms with van der Waals surface area (Å²) < 4.78 is 5.54. The van der Waals surface area contributed by atoms with Crippen molar-refractivity contribution in [3.63, 3.8) is 0 Å². The predicted molar refractivity (Wildman–Crippen MR) is 84.8 cm³/mol. The topological polar surface area (TPSA) is 39.2 Å². The number of pyridine rings is 1. The van der Waals surface area contributed by atoms with E-state index in [1.165, 1.54) is 7.11 Å². The molecule has 2 aromatic rings. The summed E-state index contributed by atoms with van der Waals surface area (Å²) in [6.07, 6.45) is 1.80. The van der Waals surface area contributed by atoms with Crippen LogP contribution in [0.25, 0.3) is 11.3 Å². The van der Waals surface area contributed by atoms with Crippen LogP contribution >= 0.6 is 15.9 Å². The van der Waals surface area contributed by atoms with Crippen LogP contribution in [0, 0.1) is 6.92 Å². The Bertz CT molecular complexity index is 580. The number of nitrogens with zero attached hydrogens (tertiary/aromatic N) is 1. The third kappa shape index (κ3) is 4.17. The van der Waals surface area contributed by atoms with E-state index in [4.69, 9.17) is 4.74 Å². The zero-order valence-corrected chi connectivity index (χ0v) is 13.7. The second-order valence-electron chi connectivity index (χ2n) is 3.94. The van der Waals surface area contributed by atoms with E-state index >= 15 is 0 Å². The van der Waals surface area contributed by atoms with Crippen LogP contribution in [0.3, 0.4) is 0 Å². The molecule has 0 aliphatic rings. The Morgan fingerprint density at radius 2 is 1.90 bits per heavy atom. The highest BCUT2D eigenvalue weighted by molar-refractivity contribution is 9.10. The third-order valence-corrected chi connectivity index (χ3v) is 2.98. The second-order valence-corrected chi connectivity index (χ2v) is 4.86. The summed E-state index contributed by atoms with van der Waals surface area (Å²) in [5, 5.41) is 0. The van der Waals surface area contributed by atoms with Gasteiger partial charge in [-0.1, -0.05) is 35.8 Å². The van der Waals surface area contributed by atoms with Crippen molar-refractivity contribution < 1.29 is 9.53 Å². The molecular weight excluding hydrogens is 318 g/mol. The zero-order valence-electron chi connectivity index (χ0n) is 12.1. The molecule has 0 spiro atoms. The Kier molecular flexibility index (Phi) is 6.39. The Hall–Kier alpha value is -1.68. The molecular formula is C16H18BrNO2. The maximum Gasteiger partial charge on any atom is 0.337 e. The molecule has 0 saturated carbocycles. The molecule has 0 saturated heterocycles. The third-order valence-electron chi connectivity index (χ3n) is 2.53. The number of ether oxygens (including phenoxy) is 1. The molecule has 0 radical (unpaired) electrons. The van der Waals surface area contributed by atoms with Crippen LogP contribution in [0.1, 0.15) is 29.8 Å². The zero-order chi connectivity index (χ0) is 15.1. The molecule has 106 valence electrons. The van der Waals surface area contributed by atoms with Crippen molar-refractivity contribution in [3.05, 3.63) is 52.1 Å². The van der Waals surface area contributed by atoms with E-state index < -0.39 is 0 Å². The average Bonchev–Trinajstić information content (AvgIpc) is 2.48. The van der Waals surface area contributed by atoms with Gasteiger partial charge in [-0.25, -0.2) is 4.79 Å². The predicted octanol–water partition coefficient (Wildman–Crippen LogP) is 4.63. The van der Waals surface area contributed by atoms with Gasteiger partial charge in [-0.2, -0.15) is 0 Å². The van der Waals surface area contributed by atoms with Crippen LogP contribution in [0.5, 0.6) is 0 Å². The van der Waals surface area contributed by atoms with Crippen molar-refractivity contribution in [3.8, 4) is 11.3 Å². The van der Waals surface area contributed by atoms with Gasteiger partial charge in [-0.15, -0.1) is 0 Å². The van der Waals surface area contributed by atoms with Gasteiger partial charge in [-0.3, -0.25) is 4.98 Å². The number of carbonyl (C=O) groups is 1. The summed E-state index contributed by atoms with van der Waals surface area (Å²) in [5.74, 6) is -0.357. The number of rotatable bonds is 2. The molecule has 20 heavy (non-hydrogen) atoms. The Morgan fingerprint density at radius 1 is 1.20 bits per heavy atom. The molecule has 0 fully saturated rings. The second kappa shape index (κ2) is 7.80. The van der Waals surface area contributed by atoms with Crippen molar-refractivity contribution in [2.45, 2.75) is 20.8 Å². The smallest absolute Gasteiger partial charge is 0.337 e. The fourth-order valence-electron chi connectivity index (χ4n) is 1.61. The summed E-state index contributed by atoms with van der Waals surface area (Å²) >= 11 is 3.39. The van der Waals surface area contributed by atoms with Crippen LogP contribution in [0.15, 0.2) is 41.0 Å². The van der Waals surface area contributed by atoms with E-state index in [9.17, 15) is 4.79 Å². The normalized spacial score (nSPS) is 9.45. The van der Waals surface area contributed by atoms with Gasteiger partial charge in [0.15, 0.2) is 0 Å². The fraction of sp³-hybridized carbons (Fsp3) is 0.250. The van der Waals surface area contributed by atoms with Crippen LogP contribution < -0.4 is 0 Å². The minimum Gasteiger partial charge on any atom is -0.465 e. The summed E-state index contributed by atoms with van der Waals surface area (Å²) in [6.45, 7) is 5.98. The molecule has 3 nitrogen and oxygen atoms in total. The SMILES string of the molecule is CC.COC(=O)c1cc(Br)cc(-c2ccc(C)cn2)c1. The summed E-state index contributed by atoms with van der Waals surface area (Å²) in [6, 6.07) is 9.33. The van der Waals surface area contributed by atoms with Gasteiger partial charge < -0.3 is 4.74 Å². The van der Waals surface area contributed by atoms with E-state index in [0.717, 1.165) is 21.3 Å².